The molecule has 0 aliphatic rings. The van der Waals surface area contributed by atoms with Crippen LogP contribution in [0, 0.1) is 6.92 Å². The average molecular weight is 400 g/mol. The highest BCUT2D eigenvalue weighted by atomic mass is 16.2. The van der Waals surface area contributed by atoms with Crippen molar-refractivity contribution in [1.82, 2.24) is 19.7 Å². The summed E-state index contributed by atoms with van der Waals surface area (Å²) in [5.41, 5.74) is 3.50. The number of anilines is 3. The maximum atomic E-state index is 12.9. The van der Waals surface area contributed by atoms with Gasteiger partial charge in [0.05, 0.1) is 11.3 Å². The number of aromatic nitrogens is 3. The van der Waals surface area contributed by atoms with Crippen LogP contribution in [0.3, 0.4) is 0 Å². The normalized spacial score (nSPS) is 10.6. The fraction of sp³-hybridized carbons (Fsp3) is 0.0909. The maximum absolute atomic E-state index is 12.9. The summed E-state index contributed by atoms with van der Waals surface area (Å²) in [6.07, 6.45) is 4.92. The van der Waals surface area contributed by atoms with Crippen molar-refractivity contribution in [2.75, 3.05) is 17.7 Å². The second kappa shape index (κ2) is 8.04. The summed E-state index contributed by atoms with van der Waals surface area (Å²) in [5.74, 6) is -0.273. The summed E-state index contributed by atoms with van der Waals surface area (Å²) in [4.78, 5) is 33.6. The van der Waals surface area contributed by atoms with E-state index in [0.717, 1.165) is 11.3 Å². The molecule has 2 amide bonds. The smallest absolute Gasteiger partial charge is 0.275 e. The summed E-state index contributed by atoms with van der Waals surface area (Å²) in [6.45, 7) is 1.97. The van der Waals surface area contributed by atoms with Gasteiger partial charge in [-0.15, -0.1) is 0 Å². The number of nitrogens with one attached hydrogen (secondary N) is 3. The molecule has 0 saturated carbocycles. The second-order valence-corrected chi connectivity index (χ2v) is 6.69. The van der Waals surface area contributed by atoms with E-state index in [0.29, 0.717) is 22.7 Å². The molecule has 3 N–H and O–H groups in total. The van der Waals surface area contributed by atoms with Gasteiger partial charge in [-0.1, -0.05) is 24.3 Å². The monoisotopic (exact) mass is 400 g/mol. The predicted molar refractivity (Wildman–Crippen MR) is 115 cm³/mol. The van der Waals surface area contributed by atoms with Crippen molar-refractivity contribution in [3.63, 3.8) is 0 Å². The van der Waals surface area contributed by atoms with Gasteiger partial charge in [0.1, 0.15) is 11.3 Å². The van der Waals surface area contributed by atoms with E-state index in [1.54, 1.807) is 16.7 Å². The number of carbonyl (C=O) groups excluding carboxylic acids is 2. The van der Waals surface area contributed by atoms with E-state index >= 15 is 0 Å². The van der Waals surface area contributed by atoms with E-state index in [1.165, 1.54) is 13.2 Å². The lowest BCUT2D eigenvalue weighted by molar-refractivity contribution is 0.0961. The van der Waals surface area contributed by atoms with Crippen molar-refractivity contribution < 1.29 is 9.59 Å². The minimum atomic E-state index is -0.401. The van der Waals surface area contributed by atoms with Gasteiger partial charge in [-0.3, -0.25) is 9.59 Å². The third-order valence-corrected chi connectivity index (χ3v) is 4.62. The number of hydrogen-bond acceptors (Lipinski definition) is 5. The minimum absolute atomic E-state index is 0.258. The number of nitrogens with zero attached hydrogens (tertiary/aromatic N) is 3. The third-order valence-electron chi connectivity index (χ3n) is 4.62. The van der Waals surface area contributed by atoms with Crippen LogP contribution in [0.25, 0.3) is 5.65 Å². The molecule has 0 atom stereocenters. The Labute approximate surface area is 173 Å². The quantitative estimate of drug-likeness (QED) is 0.477. The van der Waals surface area contributed by atoms with Crippen LogP contribution < -0.4 is 16.0 Å². The van der Waals surface area contributed by atoms with Crippen molar-refractivity contribution in [2.24, 2.45) is 0 Å². The Morgan fingerprint density at radius 1 is 1.00 bits per heavy atom. The van der Waals surface area contributed by atoms with E-state index in [4.69, 9.17) is 0 Å². The van der Waals surface area contributed by atoms with Gasteiger partial charge in [-0.2, -0.15) is 0 Å². The summed E-state index contributed by atoms with van der Waals surface area (Å²) >= 11 is 0. The molecule has 0 saturated heterocycles. The van der Waals surface area contributed by atoms with Gasteiger partial charge in [0, 0.05) is 31.3 Å². The number of rotatable bonds is 5. The lowest BCUT2D eigenvalue weighted by Crippen LogP contribution is -2.20. The van der Waals surface area contributed by atoms with E-state index in [2.05, 4.69) is 25.9 Å². The molecule has 0 unspecified atom stereocenters. The fourth-order valence-corrected chi connectivity index (χ4v) is 3.00. The first-order valence-electron chi connectivity index (χ1n) is 9.35. The molecule has 150 valence electrons. The molecule has 8 nitrogen and oxygen atoms in total. The van der Waals surface area contributed by atoms with E-state index < -0.39 is 5.91 Å². The highest BCUT2D eigenvalue weighted by molar-refractivity contribution is 6.06. The van der Waals surface area contributed by atoms with E-state index in [1.807, 2.05) is 55.6 Å². The average Bonchev–Trinajstić information content (AvgIpc) is 3.20. The molecule has 4 rings (SSSR count). The number of para-hydroxylation sites is 1. The number of benzene rings is 1. The van der Waals surface area contributed by atoms with Crippen molar-refractivity contribution in [3.8, 4) is 0 Å². The molecule has 0 fully saturated rings. The van der Waals surface area contributed by atoms with Gasteiger partial charge in [-0.25, -0.2) is 9.97 Å². The van der Waals surface area contributed by atoms with Gasteiger partial charge < -0.3 is 20.4 Å². The Morgan fingerprint density at radius 3 is 2.57 bits per heavy atom. The molecule has 0 spiro atoms. The van der Waals surface area contributed by atoms with Crippen LogP contribution in [-0.2, 0) is 0 Å². The van der Waals surface area contributed by atoms with Gasteiger partial charge in [-0.05, 0) is 36.8 Å². The van der Waals surface area contributed by atoms with E-state index in [-0.39, 0.29) is 11.6 Å². The van der Waals surface area contributed by atoms with Crippen LogP contribution in [0.4, 0.5) is 17.2 Å². The number of hydrogen-bond donors (Lipinski definition) is 3. The minimum Gasteiger partial charge on any atom is -0.355 e. The molecule has 0 radical (unpaired) electrons. The Balaban J connectivity index is 1.69. The molecule has 30 heavy (non-hydrogen) atoms. The SMILES string of the molecule is CNC(=O)c1cnc(Nc2ccccc2C)c(NC(=O)c2cn3ccccc3n2)c1. The summed E-state index contributed by atoms with van der Waals surface area (Å²) in [7, 11) is 1.54. The number of pyridine rings is 2. The van der Waals surface area contributed by atoms with Gasteiger partial charge in [0.25, 0.3) is 11.8 Å². The highest BCUT2D eigenvalue weighted by Crippen LogP contribution is 2.26. The molecule has 0 bridgehead atoms. The second-order valence-electron chi connectivity index (χ2n) is 6.69. The lowest BCUT2D eigenvalue weighted by atomic mass is 10.2. The van der Waals surface area contributed by atoms with Crippen LogP contribution in [0.5, 0.6) is 0 Å². The molecule has 1 aromatic carbocycles. The van der Waals surface area contributed by atoms with E-state index in [9.17, 15) is 9.59 Å². The molecule has 0 aliphatic carbocycles. The van der Waals surface area contributed by atoms with Gasteiger partial charge in [0.15, 0.2) is 5.82 Å². The van der Waals surface area contributed by atoms with Crippen molar-refractivity contribution in [2.45, 2.75) is 6.92 Å². The van der Waals surface area contributed by atoms with Crippen LogP contribution in [0.1, 0.15) is 26.4 Å². The molecule has 3 aromatic heterocycles. The first-order chi connectivity index (χ1) is 14.5. The summed E-state index contributed by atoms with van der Waals surface area (Å²) in [6, 6.07) is 14.8. The number of imidazole rings is 1. The van der Waals surface area contributed by atoms with Crippen molar-refractivity contribution in [1.29, 1.82) is 0 Å². The van der Waals surface area contributed by atoms with Crippen molar-refractivity contribution in [3.05, 3.63) is 83.9 Å². The Hall–Kier alpha value is -4.20. The highest BCUT2D eigenvalue weighted by Gasteiger charge is 2.16. The molecular formula is C22H20N6O2. The molecule has 8 heteroatoms. The molecule has 0 aliphatic heterocycles. The van der Waals surface area contributed by atoms with Crippen LogP contribution in [0.15, 0.2) is 67.1 Å². The topological polar surface area (TPSA) is 100 Å². The number of fused-ring (bicyclic) bond motifs is 1. The number of amides is 2. The Morgan fingerprint density at radius 2 is 1.80 bits per heavy atom. The van der Waals surface area contributed by atoms with Gasteiger partial charge in [0.2, 0.25) is 0 Å². The first-order valence-corrected chi connectivity index (χ1v) is 9.35. The number of carbonyl (C=O) groups is 2. The summed E-state index contributed by atoms with van der Waals surface area (Å²) in [5, 5.41) is 8.61. The zero-order valence-corrected chi connectivity index (χ0v) is 16.5. The fourth-order valence-electron chi connectivity index (χ4n) is 3.00. The van der Waals surface area contributed by atoms with Crippen LogP contribution in [-0.4, -0.2) is 33.2 Å². The zero-order chi connectivity index (χ0) is 21.1. The van der Waals surface area contributed by atoms with Gasteiger partial charge >= 0.3 is 0 Å². The molecule has 4 aromatic rings. The molecule has 3 heterocycles. The maximum Gasteiger partial charge on any atom is 0.275 e. The zero-order valence-electron chi connectivity index (χ0n) is 16.5. The predicted octanol–water partition coefficient (Wildman–Crippen LogP) is 3.39. The molecular weight excluding hydrogens is 380 g/mol. The number of aryl methyl sites for hydroxylation is 1. The van der Waals surface area contributed by atoms with Crippen molar-refractivity contribution >= 4 is 34.7 Å². The standard InChI is InChI=1S/C22H20N6O2/c1-14-7-3-4-8-16(14)26-20-17(11-15(12-24-20)21(29)23-2)27-22(30)18-13-28-10-6-5-9-19(28)25-18/h3-13H,1-2H3,(H,23,29)(H,24,26)(H,27,30). The van der Waals surface area contributed by atoms with Crippen LogP contribution >= 0.6 is 0 Å². The third kappa shape index (κ3) is 3.83. The lowest BCUT2D eigenvalue weighted by Gasteiger charge is -2.14. The first kappa shape index (κ1) is 19.1. The Bertz CT molecular complexity index is 1210. The Kier molecular flexibility index (Phi) is 5.13. The summed E-state index contributed by atoms with van der Waals surface area (Å²) < 4.78 is 1.76. The largest absolute Gasteiger partial charge is 0.355 e. The van der Waals surface area contributed by atoms with Crippen LogP contribution in [0.2, 0.25) is 0 Å².